The van der Waals surface area contributed by atoms with Gasteiger partial charge in [-0.1, -0.05) is 29.8 Å². The Morgan fingerprint density at radius 1 is 1.09 bits per heavy atom. The third kappa shape index (κ3) is 6.41. The van der Waals surface area contributed by atoms with Crippen molar-refractivity contribution in [2.45, 2.75) is 46.1 Å². The summed E-state index contributed by atoms with van der Waals surface area (Å²) in [5, 5.41) is 6.36. The van der Waals surface area contributed by atoms with Crippen LogP contribution in [-0.2, 0) is 11.3 Å². The summed E-state index contributed by atoms with van der Waals surface area (Å²) in [6.07, 6.45) is 1.65. The summed E-state index contributed by atoms with van der Waals surface area (Å²) < 4.78 is 5.71. The van der Waals surface area contributed by atoms with Gasteiger partial charge in [0.2, 0.25) is 0 Å². The molecule has 0 saturated carbocycles. The molecule has 0 spiro atoms. The van der Waals surface area contributed by atoms with Crippen LogP contribution in [0.1, 0.15) is 56.5 Å². The van der Waals surface area contributed by atoms with Crippen LogP contribution < -0.4 is 10.1 Å². The van der Waals surface area contributed by atoms with Gasteiger partial charge in [-0.2, -0.15) is 0 Å². The summed E-state index contributed by atoms with van der Waals surface area (Å²) in [7, 11) is 0. The minimum Gasteiger partial charge on any atom is -0.484 e. The van der Waals surface area contributed by atoms with E-state index in [2.05, 4.69) is 10.3 Å². The second-order valence-electron chi connectivity index (χ2n) is 9.03. The minimum atomic E-state index is -0.194. The second kappa shape index (κ2) is 11.2. The average molecular weight is 512 g/mol. The number of benzene rings is 2. The van der Waals surface area contributed by atoms with E-state index in [1.54, 1.807) is 0 Å². The molecule has 1 aromatic heterocycles. The Kier molecular flexibility index (Phi) is 8.08. The van der Waals surface area contributed by atoms with E-state index in [0.29, 0.717) is 30.4 Å². The van der Waals surface area contributed by atoms with Crippen LogP contribution in [0.3, 0.4) is 0 Å². The smallest absolute Gasteiger partial charge is 0.271 e. The summed E-state index contributed by atoms with van der Waals surface area (Å²) in [6.45, 7) is 7.79. The first-order valence-corrected chi connectivity index (χ1v) is 13.0. The quantitative estimate of drug-likeness (QED) is 0.458. The van der Waals surface area contributed by atoms with Gasteiger partial charge in [0, 0.05) is 36.0 Å². The van der Waals surface area contributed by atoms with Crippen molar-refractivity contribution < 1.29 is 14.3 Å². The number of thiazole rings is 1. The number of nitrogens with one attached hydrogen (secondary N) is 1. The highest BCUT2D eigenvalue weighted by molar-refractivity contribution is 7.09. The molecule has 1 aliphatic rings. The van der Waals surface area contributed by atoms with Crippen molar-refractivity contribution in [1.82, 2.24) is 15.2 Å². The Hall–Kier alpha value is -2.90. The van der Waals surface area contributed by atoms with Gasteiger partial charge >= 0.3 is 0 Å². The Bertz CT molecular complexity index is 1220. The minimum absolute atomic E-state index is 0.00269. The molecule has 1 fully saturated rings. The molecule has 2 heterocycles. The fraction of sp³-hybridized carbons (Fsp3) is 0.370. The zero-order valence-electron chi connectivity index (χ0n) is 20.3. The number of piperidine rings is 1. The maximum Gasteiger partial charge on any atom is 0.271 e. The standard InChI is InChI=1S/C27H30ClN3O3S/c1-17-5-7-22(12-19(17)3)34-15-25(32)31-10-8-21(9-11-31)27-30-24(16-35-27)26(33)29-14-20-6-4-18(2)23(28)13-20/h4-7,12-13,16,21H,8-11,14-15H2,1-3H3,(H,29,33). The molecule has 8 heteroatoms. The largest absolute Gasteiger partial charge is 0.484 e. The lowest BCUT2D eigenvalue weighted by atomic mass is 9.97. The van der Waals surface area contributed by atoms with Crippen LogP contribution in [0, 0.1) is 20.8 Å². The zero-order chi connectivity index (χ0) is 24.9. The lowest BCUT2D eigenvalue weighted by Crippen LogP contribution is -2.40. The van der Waals surface area contributed by atoms with Gasteiger partial charge in [-0.25, -0.2) is 4.98 Å². The summed E-state index contributed by atoms with van der Waals surface area (Å²) in [6, 6.07) is 11.6. The van der Waals surface area contributed by atoms with Crippen molar-refractivity contribution in [3.8, 4) is 5.75 Å². The van der Waals surface area contributed by atoms with Crippen LogP contribution in [0.4, 0.5) is 0 Å². The first-order valence-electron chi connectivity index (χ1n) is 11.8. The molecule has 2 amide bonds. The number of hydrogen-bond donors (Lipinski definition) is 1. The van der Waals surface area contributed by atoms with Crippen LogP contribution in [0.15, 0.2) is 41.8 Å². The van der Waals surface area contributed by atoms with E-state index in [1.165, 1.54) is 16.9 Å². The number of carbonyl (C=O) groups excluding carboxylic acids is 2. The predicted octanol–water partition coefficient (Wildman–Crippen LogP) is 5.44. The number of amides is 2. The Morgan fingerprint density at radius 3 is 2.54 bits per heavy atom. The molecule has 35 heavy (non-hydrogen) atoms. The molecule has 3 aromatic rings. The van der Waals surface area contributed by atoms with Crippen LogP contribution in [-0.4, -0.2) is 41.4 Å². The number of aromatic nitrogens is 1. The van der Waals surface area contributed by atoms with E-state index in [1.807, 2.05) is 67.4 Å². The number of likely N-dealkylation sites (tertiary alicyclic amines) is 1. The van der Waals surface area contributed by atoms with Gasteiger partial charge in [-0.3, -0.25) is 9.59 Å². The number of halogens is 1. The lowest BCUT2D eigenvalue weighted by molar-refractivity contribution is -0.134. The van der Waals surface area contributed by atoms with E-state index in [9.17, 15) is 9.59 Å². The highest BCUT2D eigenvalue weighted by Crippen LogP contribution is 2.30. The van der Waals surface area contributed by atoms with Gasteiger partial charge in [0.25, 0.3) is 11.8 Å². The third-order valence-corrected chi connectivity index (χ3v) is 7.90. The fourth-order valence-electron chi connectivity index (χ4n) is 4.01. The maximum atomic E-state index is 12.6. The van der Waals surface area contributed by atoms with Crippen molar-refractivity contribution in [3.63, 3.8) is 0 Å². The zero-order valence-corrected chi connectivity index (χ0v) is 21.8. The number of aryl methyl sites for hydroxylation is 3. The molecule has 184 valence electrons. The number of carbonyl (C=O) groups is 2. The van der Waals surface area contributed by atoms with Gasteiger partial charge in [0.1, 0.15) is 11.4 Å². The fourth-order valence-corrected chi connectivity index (χ4v) is 5.19. The van der Waals surface area contributed by atoms with E-state index < -0.39 is 0 Å². The van der Waals surface area contributed by atoms with Crippen molar-refractivity contribution >= 4 is 34.8 Å². The van der Waals surface area contributed by atoms with Crippen molar-refractivity contribution in [2.75, 3.05) is 19.7 Å². The molecule has 6 nitrogen and oxygen atoms in total. The SMILES string of the molecule is Cc1ccc(OCC(=O)N2CCC(c3nc(C(=O)NCc4ccc(C)c(Cl)c4)cs3)CC2)cc1C. The molecule has 0 radical (unpaired) electrons. The molecule has 0 aliphatic carbocycles. The van der Waals surface area contributed by atoms with Gasteiger partial charge in [0.15, 0.2) is 6.61 Å². The number of hydrogen-bond acceptors (Lipinski definition) is 5. The summed E-state index contributed by atoms with van der Waals surface area (Å²) in [5.74, 6) is 0.773. The summed E-state index contributed by atoms with van der Waals surface area (Å²) in [5.41, 5.74) is 4.73. The van der Waals surface area contributed by atoms with E-state index >= 15 is 0 Å². The topological polar surface area (TPSA) is 71.5 Å². The van der Waals surface area contributed by atoms with Gasteiger partial charge in [0.05, 0.1) is 5.01 Å². The van der Waals surface area contributed by atoms with Crippen molar-refractivity contribution in [1.29, 1.82) is 0 Å². The van der Waals surface area contributed by atoms with Crippen LogP contribution in [0.2, 0.25) is 5.02 Å². The molecule has 1 saturated heterocycles. The molecule has 1 aliphatic heterocycles. The van der Waals surface area contributed by atoms with Crippen LogP contribution in [0.5, 0.6) is 5.75 Å². The van der Waals surface area contributed by atoms with Gasteiger partial charge in [-0.05, 0) is 74.1 Å². The molecular weight excluding hydrogens is 482 g/mol. The van der Waals surface area contributed by atoms with Crippen molar-refractivity contribution in [2.24, 2.45) is 0 Å². The summed E-state index contributed by atoms with van der Waals surface area (Å²) in [4.78, 5) is 31.6. The summed E-state index contributed by atoms with van der Waals surface area (Å²) >= 11 is 7.68. The van der Waals surface area contributed by atoms with Crippen LogP contribution in [0.25, 0.3) is 0 Å². The first kappa shape index (κ1) is 25.2. The van der Waals surface area contributed by atoms with Gasteiger partial charge in [-0.15, -0.1) is 11.3 Å². The normalized spacial score (nSPS) is 14.1. The average Bonchev–Trinajstić information content (AvgIpc) is 3.36. The molecule has 0 atom stereocenters. The van der Waals surface area contributed by atoms with Gasteiger partial charge < -0.3 is 15.0 Å². The highest BCUT2D eigenvalue weighted by atomic mass is 35.5. The predicted molar refractivity (Wildman–Crippen MR) is 139 cm³/mol. The molecule has 1 N–H and O–H groups in total. The highest BCUT2D eigenvalue weighted by Gasteiger charge is 2.26. The monoisotopic (exact) mass is 511 g/mol. The molecular formula is C27H30ClN3O3S. The van der Waals surface area contributed by atoms with Crippen LogP contribution >= 0.6 is 22.9 Å². The molecule has 0 unspecified atom stereocenters. The van der Waals surface area contributed by atoms with Crippen molar-refractivity contribution in [3.05, 3.63) is 79.8 Å². The maximum absolute atomic E-state index is 12.6. The van der Waals surface area contributed by atoms with E-state index in [-0.39, 0.29) is 24.3 Å². The Labute approximate surface area is 215 Å². The molecule has 0 bridgehead atoms. The third-order valence-electron chi connectivity index (χ3n) is 6.48. The molecule has 2 aromatic carbocycles. The first-order chi connectivity index (χ1) is 16.8. The second-order valence-corrected chi connectivity index (χ2v) is 10.3. The Balaban J connectivity index is 1.24. The number of rotatable bonds is 7. The molecule has 4 rings (SSSR count). The lowest BCUT2D eigenvalue weighted by Gasteiger charge is -2.31. The van der Waals surface area contributed by atoms with E-state index in [4.69, 9.17) is 16.3 Å². The number of nitrogens with zero attached hydrogens (tertiary/aromatic N) is 2. The van der Waals surface area contributed by atoms with E-state index in [0.717, 1.165) is 40.3 Å². The number of ether oxygens (including phenoxy) is 1. The Morgan fingerprint density at radius 2 is 1.83 bits per heavy atom.